The predicted molar refractivity (Wildman–Crippen MR) is 198 cm³/mol. The molecule has 0 radical (unpaired) electrons. The third-order valence-corrected chi connectivity index (χ3v) is 2.47. The Hall–Kier alpha value is -0.857. The van der Waals surface area contributed by atoms with E-state index in [1.54, 1.807) is 0 Å². The molecular weight excluding hydrogens is 909 g/mol. The maximum Gasteiger partial charge on any atom is 0 e. The van der Waals surface area contributed by atoms with Crippen molar-refractivity contribution >= 4 is 90.5 Å². The fourth-order valence-corrected chi connectivity index (χ4v) is 1.76. The fraction of sp³-hybridized carbons (Fsp3) is 0.400. The number of hydrogen-bond donors (Lipinski definition) is 6. The molecule has 296 valence electrons. The fourth-order valence-electron chi connectivity index (χ4n) is 1.76. The first kappa shape index (κ1) is 71.5. The van der Waals surface area contributed by atoms with Crippen LogP contribution >= 0.6 is 55.8 Å². The van der Waals surface area contributed by atoms with Crippen LogP contribution in [0.3, 0.4) is 0 Å². The van der Waals surface area contributed by atoms with Crippen molar-refractivity contribution in [3.05, 3.63) is 71.0 Å². The Balaban J connectivity index is -0.0000000573. The molecule has 0 rings (SSSR count). The summed E-state index contributed by atoms with van der Waals surface area (Å²) in [5, 5.41) is 50.2. The Morgan fingerprint density at radius 1 is 0.314 bits per heavy atom. The predicted octanol–water partition coefficient (Wildman–Crippen LogP) is 10.4. The number of aliphatic hydroxyl groups excluding tert-OH is 6. The van der Waals surface area contributed by atoms with Crippen LogP contribution in [0.5, 0.6) is 0 Å². The summed E-state index contributed by atoms with van der Waals surface area (Å²) >= 11 is 0. The summed E-state index contributed by atoms with van der Waals surface area (Å²) in [5.41, 5.74) is 0. The van der Waals surface area contributed by atoms with Crippen molar-refractivity contribution < 1.29 is 111 Å². The Bertz CT molecular complexity index is 1030. The molecule has 0 aliphatic heterocycles. The maximum atomic E-state index is 10.0. The molecule has 6 N–H and O–H groups in total. The second-order valence-corrected chi connectivity index (χ2v) is 48.1. The second kappa shape index (κ2) is 36.1. The van der Waals surface area contributed by atoms with Gasteiger partial charge in [-0.1, -0.05) is 0 Å². The van der Waals surface area contributed by atoms with E-state index >= 15 is 0 Å². The van der Waals surface area contributed by atoms with E-state index in [1.807, 2.05) is 0 Å². The van der Waals surface area contributed by atoms with Crippen LogP contribution in [0.4, 0.5) is 0 Å². The van der Waals surface area contributed by atoms with Crippen LogP contribution in [-0.2, 0) is 79.9 Å². The van der Waals surface area contributed by atoms with E-state index in [-0.39, 0.29) is 113 Å². The number of rotatable bonds is 6. The van der Waals surface area contributed by atoms with E-state index in [2.05, 4.69) is 0 Å². The molecule has 0 unspecified atom stereocenters. The largest absolute Gasteiger partial charge is 0 e. The minimum atomic E-state index is -5.33. The van der Waals surface area contributed by atoms with E-state index in [1.165, 1.54) is 120 Å². The first-order valence-corrected chi connectivity index (χ1v) is 26.1. The van der Waals surface area contributed by atoms with Crippen LogP contribution in [0.1, 0.15) is 83.1 Å². The molecule has 0 saturated heterocycles. The smallest absolute Gasteiger partial charge is 0 e. The van der Waals surface area contributed by atoms with Crippen LogP contribution < -0.4 is 0 Å². The van der Waals surface area contributed by atoms with Gasteiger partial charge in [-0.3, -0.25) is 28.8 Å². The van der Waals surface area contributed by atoms with Crippen molar-refractivity contribution in [2.75, 3.05) is 0 Å². The van der Waals surface area contributed by atoms with Gasteiger partial charge in [-0.25, -0.2) is 0 Å². The summed E-state index contributed by atoms with van der Waals surface area (Å²) < 4.78 is 0. The summed E-state index contributed by atoms with van der Waals surface area (Å²) in [6.07, 6.45) is 7.00. The number of carbonyl (C=O) groups is 6. The molecule has 0 aliphatic carbocycles. The number of halogens is 6. The minimum Gasteiger partial charge on any atom is 0 e. The first-order valence-electron chi connectivity index (χ1n) is 13.2. The quantitative estimate of drug-likeness (QED) is 0.0831. The monoisotopic (exact) mass is 954 g/mol. The van der Waals surface area contributed by atoms with Gasteiger partial charge in [0.05, 0.1) is 34.6 Å². The Morgan fingerprint density at radius 3 is 0.373 bits per heavy atom. The van der Waals surface area contributed by atoms with Crippen LogP contribution in [-0.4, -0.2) is 65.3 Å². The second-order valence-electron chi connectivity index (χ2n) is 9.45. The zero-order valence-corrected chi connectivity index (χ0v) is 39.6. The molecule has 0 heterocycles. The summed E-state index contributed by atoms with van der Waals surface area (Å²) in [6.45, 7) is 17.1. The summed E-state index contributed by atoms with van der Waals surface area (Å²) in [5.74, 6) is -0.375. The summed E-state index contributed by atoms with van der Waals surface area (Å²) in [7, 11) is 25.0. The number of ketones is 6. The molecule has 21 heteroatoms. The summed E-state index contributed by atoms with van der Waals surface area (Å²) in [4.78, 5) is 60.1. The number of allylic oxidation sites excluding steroid dienone is 12. The molecule has 0 aromatic heterocycles. The minimum absolute atomic E-state index is 0. The number of hydrogen-bond acceptors (Lipinski definition) is 12. The van der Waals surface area contributed by atoms with Crippen LogP contribution in [0, 0.1) is 0 Å². The molecule has 0 saturated carbocycles. The van der Waals surface area contributed by atoms with E-state index in [4.69, 9.17) is 86.5 Å². The van der Waals surface area contributed by atoms with Gasteiger partial charge in [-0.15, -0.1) is 0 Å². The standard InChI is InChI=1S/6C5H8O2.6ClH.3Ti/c6*1-4(6)3-5(2)7;;;;;;;;;/h6*3,6H,1-2H3;6*1H;;;/q;;;;;;;;;;;;;;+4/p-6. The third-order valence-electron chi connectivity index (χ3n) is 2.47. The third kappa shape index (κ3) is 204. The Labute approximate surface area is 351 Å². The zero-order chi connectivity index (χ0) is 41.6. The SMILES string of the molecule is CC(=O)C=C(C)O.CC(=O)C=C(C)O.CC(=O)C=C(C)O.CC(=O)C=C(C)O.CC(=O)C=C(C)O.CC(=O)C=C(C)O.[Cl][Ti-2]([Cl])([Cl])([Cl])([Cl])[Cl].[Ti].[Ti]. The molecule has 51 heavy (non-hydrogen) atoms. The van der Waals surface area contributed by atoms with Crippen LogP contribution in [0.2, 0.25) is 0 Å². The van der Waals surface area contributed by atoms with Gasteiger partial charge in [0.15, 0.2) is 34.7 Å². The molecule has 12 nitrogen and oxygen atoms in total. The van der Waals surface area contributed by atoms with Crippen molar-refractivity contribution in [2.45, 2.75) is 83.1 Å². The van der Waals surface area contributed by atoms with Crippen molar-refractivity contribution in [3.63, 3.8) is 0 Å². The molecule has 0 aromatic carbocycles. The average Bonchev–Trinajstić information content (AvgIpc) is 2.67. The van der Waals surface area contributed by atoms with Gasteiger partial charge in [0, 0.05) is 79.9 Å². The normalized spacial score (nSPS) is 12.6. The number of carbonyl (C=O) groups excluding carboxylic acids is 6. The maximum absolute atomic E-state index is 10.0. The van der Waals surface area contributed by atoms with Gasteiger partial charge >= 0.3 is 63.5 Å². The van der Waals surface area contributed by atoms with Gasteiger partial charge in [-0.2, -0.15) is 0 Å². The van der Waals surface area contributed by atoms with Crippen molar-refractivity contribution in [1.82, 2.24) is 0 Å². The average molecular weight is 957 g/mol. The van der Waals surface area contributed by atoms with E-state index in [0.717, 1.165) is 0 Å². The van der Waals surface area contributed by atoms with Gasteiger partial charge in [0.1, 0.15) is 0 Å². The first-order chi connectivity index (χ1) is 21.2. The molecule has 0 spiro atoms. The van der Waals surface area contributed by atoms with E-state index < -0.39 is 7.66 Å². The topological polar surface area (TPSA) is 224 Å². The van der Waals surface area contributed by atoms with Crippen molar-refractivity contribution in [1.29, 1.82) is 0 Å². The van der Waals surface area contributed by atoms with Crippen LogP contribution in [0.15, 0.2) is 71.0 Å². The van der Waals surface area contributed by atoms with Crippen LogP contribution in [0.25, 0.3) is 0 Å². The molecule has 0 aliphatic rings. The van der Waals surface area contributed by atoms with Gasteiger partial charge in [0.25, 0.3) is 0 Å². The van der Waals surface area contributed by atoms with E-state index in [0.29, 0.717) is 0 Å². The molecule has 0 fully saturated rings. The Morgan fingerprint density at radius 2 is 0.373 bits per heavy atom. The molecule has 0 aromatic rings. The molecule has 0 bridgehead atoms. The van der Waals surface area contributed by atoms with E-state index in [9.17, 15) is 28.8 Å². The van der Waals surface area contributed by atoms with Gasteiger partial charge < -0.3 is 30.6 Å². The van der Waals surface area contributed by atoms with Gasteiger partial charge in [-0.05, 0) is 83.1 Å². The summed E-state index contributed by atoms with van der Waals surface area (Å²) in [6, 6.07) is 0. The Kier molecular flexibility index (Phi) is 50.7. The molecular formula is C30H48Cl6O12Ti3-2. The number of aliphatic hydroxyl groups is 6. The molecule has 0 atom stereocenters. The zero-order valence-electron chi connectivity index (χ0n) is 30.4. The van der Waals surface area contributed by atoms with Crippen molar-refractivity contribution in [2.24, 2.45) is 0 Å². The van der Waals surface area contributed by atoms with Crippen molar-refractivity contribution in [3.8, 4) is 0 Å². The molecule has 0 amide bonds. The van der Waals surface area contributed by atoms with Gasteiger partial charge in [0.2, 0.25) is 0 Å².